The van der Waals surface area contributed by atoms with Crippen LogP contribution in [0.1, 0.15) is 13.3 Å². The summed E-state index contributed by atoms with van der Waals surface area (Å²) in [6.07, 6.45) is 1.63. The van der Waals surface area contributed by atoms with Gasteiger partial charge in [-0.05, 0) is 25.1 Å². The normalized spacial score (nSPS) is 15.1. The minimum Gasteiger partial charge on any atom is -0.493 e. The molecule has 0 aliphatic heterocycles. The number of sulfone groups is 1. The predicted octanol–water partition coefficient (Wildman–Crippen LogP) is 0.569. The second-order valence-electron chi connectivity index (χ2n) is 4.66. The fourth-order valence-corrected chi connectivity index (χ4v) is 1.93. The number of nitrogens with two attached hydrogens (primary N) is 1. The van der Waals surface area contributed by atoms with E-state index in [0.29, 0.717) is 18.8 Å². The van der Waals surface area contributed by atoms with Crippen molar-refractivity contribution in [2.45, 2.75) is 23.8 Å². The van der Waals surface area contributed by atoms with E-state index in [1.165, 1.54) is 12.1 Å². The van der Waals surface area contributed by atoms with E-state index < -0.39 is 15.4 Å². The van der Waals surface area contributed by atoms with Crippen LogP contribution < -0.4 is 10.5 Å². The van der Waals surface area contributed by atoms with Gasteiger partial charge in [0.2, 0.25) is 0 Å². The van der Waals surface area contributed by atoms with Gasteiger partial charge < -0.3 is 15.6 Å². The van der Waals surface area contributed by atoms with Crippen molar-refractivity contribution in [2.75, 3.05) is 19.5 Å². The molecule has 1 unspecified atom stereocenters. The first kappa shape index (κ1) is 14.9. The molecular weight excluding hydrogens is 254 g/mol. The molecule has 1 rings (SSSR count). The molecule has 0 aromatic heterocycles. The van der Waals surface area contributed by atoms with Crippen LogP contribution in [0.3, 0.4) is 0 Å². The summed E-state index contributed by atoms with van der Waals surface area (Å²) in [7, 11) is -3.23. The topological polar surface area (TPSA) is 89.6 Å². The van der Waals surface area contributed by atoms with E-state index >= 15 is 0 Å². The molecule has 0 fully saturated rings. The SMILES string of the molecule is CC(N)(CO)CCOc1cccc(S(C)(=O)=O)c1. The van der Waals surface area contributed by atoms with Gasteiger partial charge in [-0.1, -0.05) is 6.07 Å². The van der Waals surface area contributed by atoms with Crippen LogP contribution in [0.2, 0.25) is 0 Å². The fourth-order valence-electron chi connectivity index (χ4n) is 1.28. The summed E-state index contributed by atoms with van der Waals surface area (Å²) in [6.45, 7) is 1.92. The quantitative estimate of drug-likeness (QED) is 0.791. The van der Waals surface area contributed by atoms with Crippen LogP contribution in [-0.4, -0.2) is 38.5 Å². The summed E-state index contributed by atoms with van der Waals surface area (Å²) in [6, 6.07) is 6.30. The summed E-state index contributed by atoms with van der Waals surface area (Å²) >= 11 is 0. The van der Waals surface area contributed by atoms with Gasteiger partial charge in [0.15, 0.2) is 9.84 Å². The van der Waals surface area contributed by atoms with Crippen molar-refractivity contribution in [3.63, 3.8) is 0 Å². The average Bonchev–Trinajstić information content (AvgIpc) is 2.28. The molecule has 1 atom stereocenters. The van der Waals surface area contributed by atoms with Crippen LogP contribution in [-0.2, 0) is 9.84 Å². The second kappa shape index (κ2) is 5.69. The maximum absolute atomic E-state index is 11.4. The van der Waals surface area contributed by atoms with Gasteiger partial charge >= 0.3 is 0 Å². The number of aliphatic hydroxyl groups is 1. The summed E-state index contributed by atoms with van der Waals surface area (Å²) in [5.74, 6) is 0.478. The maximum Gasteiger partial charge on any atom is 0.175 e. The third kappa shape index (κ3) is 4.64. The smallest absolute Gasteiger partial charge is 0.175 e. The highest BCUT2D eigenvalue weighted by Crippen LogP contribution is 2.18. The van der Waals surface area contributed by atoms with E-state index in [4.69, 9.17) is 15.6 Å². The Morgan fingerprint density at radius 1 is 1.44 bits per heavy atom. The van der Waals surface area contributed by atoms with Gasteiger partial charge in [-0.15, -0.1) is 0 Å². The monoisotopic (exact) mass is 273 g/mol. The van der Waals surface area contributed by atoms with Crippen LogP contribution in [0.4, 0.5) is 0 Å². The number of hydrogen-bond donors (Lipinski definition) is 2. The molecule has 18 heavy (non-hydrogen) atoms. The largest absolute Gasteiger partial charge is 0.493 e. The van der Waals surface area contributed by atoms with E-state index in [-0.39, 0.29) is 11.5 Å². The average molecular weight is 273 g/mol. The predicted molar refractivity (Wildman–Crippen MR) is 69.3 cm³/mol. The van der Waals surface area contributed by atoms with Gasteiger partial charge in [0.05, 0.1) is 18.1 Å². The number of rotatable bonds is 6. The number of ether oxygens (including phenoxy) is 1. The second-order valence-corrected chi connectivity index (χ2v) is 6.67. The summed E-state index contributed by atoms with van der Waals surface area (Å²) in [5, 5.41) is 8.98. The van der Waals surface area contributed by atoms with Crippen molar-refractivity contribution in [3.8, 4) is 5.75 Å². The lowest BCUT2D eigenvalue weighted by molar-refractivity contribution is 0.175. The van der Waals surface area contributed by atoms with Crippen LogP contribution >= 0.6 is 0 Å². The molecule has 0 heterocycles. The van der Waals surface area contributed by atoms with Crippen molar-refractivity contribution in [1.29, 1.82) is 0 Å². The van der Waals surface area contributed by atoms with E-state index in [2.05, 4.69) is 0 Å². The van der Waals surface area contributed by atoms with Gasteiger partial charge in [-0.3, -0.25) is 0 Å². The molecule has 6 heteroatoms. The molecule has 5 nitrogen and oxygen atoms in total. The number of benzene rings is 1. The lowest BCUT2D eigenvalue weighted by Gasteiger charge is -2.21. The molecule has 0 saturated carbocycles. The van der Waals surface area contributed by atoms with Crippen LogP contribution in [0.25, 0.3) is 0 Å². The first-order valence-electron chi connectivity index (χ1n) is 5.57. The minimum absolute atomic E-state index is 0.125. The molecule has 102 valence electrons. The minimum atomic E-state index is -3.23. The third-order valence-corrected chi connectivity index (χ3v) is 3.65. The van der Waals surface area contributed by atoms with Crippen molar-refractivity contribution < 1.29 is 18.3 Å². The summed E-state index contributed by atoms with van der Waals surface area (Å²) in [4.78, 5) is 0.220. The Balaban J connectivity index is 2.64. The Morgan fingerprint density at radius 3 is 2.67 bits per heavy atom. The van der Waals surface area contributed by atoms with E-state index in [1.54, 1.807) is 19.1 Å². The first-order valence-corrected chi connectivity index (χ1v) is 7.46. The maximum atomic E-state index is 11.4. The fraction of sp³-hybridized carbons (Fsp3) is 0.500. The highest BCUT2D eigenvalue weighted by molar-refractivity contribution is 7.90. The lowest BCUT2D eigenvalue weighted by atomic mass is 10.0. The molecule has 3 N–H and O–H groups in total. The molecule has 1 aromatic carbocycles. The van der Waals surface area contributed by atoms with E-state index in [1.807, 2.05) is 0 Å². The zero-order valence-corrected chi connectivity index (χ0v) is 11.4. The van der Waals surface area contributed by atoms with Gasteiger partial charge in [-0.25, -0.2) is 8.42 Å². The van der Waals surface area contributed by atoms with Crippen molar-refractivity contribution in [2.24, 2.45) is 5.73 Å². The van der Waals surface area contributed by atoms with Crippen LogP contribution in [0.15, 0.2) is 29.2 Å². The van der Waals surface area contributed by atoms with Crippen molar-refractivity contribution in [1.82, 2.24) is 0 Å². The van der Waals surface area contributed by atoms with Gasteiger partial charge in [0, 0.05) is 18.2 Å². The summed E-state index contributed by atoms with van der Waals surface area (Å²) in [5.41, 5.74) is 5.07. The Morgan fingerprint density at radius 2 is 2.11 bits per heavy atom. The molecule has 0 spiro atoms. The Hall–Kier alpha value is -1.11. The molecule has 0 aliphatic rings. The van der Waals surface area contributed by atoms with Gasteiger partial charge in [0.1, 0.15) is 5.75 Å². The Kier molecular flexibility index (Phi) is 4.72. The highest BCUT2D eigenvalue weighted by atomic mass is 32.2. The Labute approximate surface area is 107 Å². The van der Waals surface area contributed by atoms with E-state index in [9.17, 15) is 8.42 Å². The van der Waals surface area contributed by atoms with Gasteiger partial charge in [-0.2, -0.15) is 0 Å². The molecule has 0 amide bonds. The molecular formula is C12H19NO4S. The standard InChI is InChI=1S/C12H19NO4S/c1-12(13,9-14)6-7-17-10-4-3-5-11(8-10)18(2,15)16/h3-5,8,14H,6-7,9,13H2,1-2H3. The van der Waals surface area contributed by atoms with Crippen molar-refractivity contribution >= 4 is 9.84 Å². The van der Waals surface area contributed by atoms with Gasteiger partial charge in [0.25, 0.3) is 0 Å². The Bertz CT molecular complexity index is 497. The lowest BCUT2D eigenvalue weighted by Crippen LogP contribution is -2.41. The number of aliphatic hydroxyl groups excluding tert-OH is 1. The van der Waals surface area contributed by atoms with Crippen LogP contribution in [0.5, 0.6) is 5.75 Å². The zero-order valence-electron chi connectivity index (χ0n) is 10.6. The molecule has 0 aliphatic carbocycles. The first-order chi connectivity index (χ1) is 8.24. The molecule has 0 saturated heterocycles. The molecule has 0 bridgehead atoms. The zero-order chi connectivity index (χ0) is 13.8. The molecule has 1 aromatic rings. The summed E-state index contributed by atoms with van der Waals surface area (Å²) < 4.78 is 28.1. The molecule has 0 radical (unpaired) electrons. The highest BCUT2D eigenvalue weighted by Gasteiger charge is 2.16. The van der Waals surface area contributed by atoms with Crippen LogP contribution in [0, 0.1) is 0 Å². The third-order valence-electron chi connectivity index (χ3n) is 2.54. The van der Waals surface area contributed by atoms with Crippen molar-refractivity contribution in [3.05, 3.63) is 24.3 Å². The number of hydrogen-bond acceptors (Lipinski definition) is 5. The van der Waals surface area contributed by atoms with E-state index in [0.717, 1.165) is 6.26 Å².